The van der Waals surface area contributed by atoms with E-state index in [0.717, 1.165) is 11.3 Å². The Morgan fingerprint density at radius 1 is 1.13 bits per heavy atom. The fourth-order valence-electron chi connectivity index (χ4n) is 2.99. The van der Waals surface area contributed by atoms with Crippen LogP contribution in [0.25, 0.3) is 11.0 Å². The van der Waals surface area contributed by atoms with Crippen LogP contribution in [0.1, 0.15) is 28.5 Å². The number of pyridine rings is 2. The van der Waals surface area contributed by atoms with Gasteiger partial charge >= 0.3 is 5.97 Å². The summed E-state index contributed by atoms with van der Waals surface area (Å²) in [7, 11) is 1.59. The summed E-state index contributed by atoms with van der Waals surface area (Å²) in [4.78, 5) is 41.8. The molecule has 0 atom stereocenters. The molecule has 2 aromatic heterocycles. The van der Waals surface area contributed by atoms with E-state index in [-0.39, 0.29) is 30.0 Å². The summed E-state index contributed by atoms with van der Waals surface area (Å²) in [5, 5.41) is 3.09. The Bertz CT molecular complexity index is 1140. The number of rotatable bonds is 7. The molecule has 1 N–H and O–H groups in total. The number of carbonyl (C=O) groups is 2. The van der Waals surface area contributed by atoms with Gasteiger partial charge in [-0.3, -0.25) is 9.59 Å². The Hall–Kier alpha value is -3.68. The Morgan fingerprint density at radius 3 is 2.53 bits per heavy atom. The Morgan fingerprint density at radius 2 is 1.87 bits per heavy atom. The second-order valence-corrected chi connectivity index (χ2v) is 6.67. The molecule has 8 heteroatoms. The summed E-state index contributed by atoms with van der Waals surface area (Å²) in [6.07, 6.45) is 1.34. The first kappa shape index (κ1) is 21.0. The van der Waals surface area contributed by atoms with Crippen LogP contribution in [0.15, 0.2) is 47.4 Å². The van der Waals surface area contributed by atoms with Crippen LogP contribution in [-0.2, 0) is 22.6 Å². The second kappa shape index (κ2) is 9.21. The minimum atomic E-state index is -0.725. The third-order valence-electron chi connectivity index (χ3n) is 4.52. The van der Waals surface area contributed by atoms with Gasteiger partial charge in [-0.2, -0.15) is 0 Å². The summed E-state index contributed by atoms with van der Waals surface area (Å²) >= 11 is 0. The quantitative estimate of drug-likeness (QED) is 0.601. The average Bonchev–Trinajstić information content (AvgIpc) is 2.74. The van der Waals surface area contributed by atoms with Crippen molar-refractivity contribution in [2.75, 3.05) is 13.7 Å². The lowest BCUT2D eigenvalue weighted by molar-refractivity contribution is -0.121. The maximum Gasteiger partial charge on any atom is 0.343 e. The van der Waals surface area contributed by atoms with Gasteiger partial charge in [0.1, 0.15) is 23.5 Å². The largest absolute Gasteiger partial charge is 0.497 e. The number of carbonyl (C=O) groups excluding carboxylic acids is 2. The van der Waals surface area contributed by atoms with E-state index in [9.17, 15) is 14.4 Å². The van der Waals surface area contributed by atoms with E-state index >= 15 is 0 Å². The van der Waals surface area contributed by atoms with Crippen molar-refractivity contribution in [3.8, 4) is 5.75 Å². The number of ether oxygens (including phenoxy) is 2. The molecule has 0 aliphatic heterocycles. The van der Waals surface area contributed by atoms with Gasteiger partial charge in [-0.25, -0.2) is 9.78 Å². The predicted molar refractivity (Wildman–Crippen MR) is 112 cm³/mol. The molecule has 0 fully saturated rings. The van der Waals surface area contributed by atoms with Crippen molar-refractivity contribution in [1.82, 2.24) is 14.9 Å². The van der Waals surface area contributed by atoms with E-state index in [4.69, 9.17) is 9.47 Å². The highest BCUT2D eigenvalue weighted by Crippen LogP contribution is 2.13. The van der Waals surface area contributed by atoms with Crippen molar-refractivity contribution in [1.29, 1.82) is 0 Å². The van der Waals surface area contributed by atoms with E-state index in [1.807, 2.05) is 24.3 Å². The number of amides is 1. The van der Waals surface area contributed by atoms with Crippen LogP contribution in [-0.4, -0.2) is 35.1 Å². The molecule has 0 saturated carbocycles. The maximum atomic E-state index is 12.7. The van der Waals surface area contributed by atoms with Crippen molar-refractivity contribution in [2.45, 2.75) is 26.9 Å². The predicted octanol–water partition coefficient (Wildman–Crippen LogP) is 2.21. The number of hydrogen-bond acceptors (Lipinski definition) is 6. The Balaban J connectivity index is 1.86. The zero-order valence-electron chi connectivity index (χ0n) is 17.1. The minimum Gasteiger partial charge on any atom is -0.497 e. The molecule has 2 heterocycles. The number of hydrogen-bond donors (Lipinski definition) is 1. The Kier molecular flexibility index (Phi) is 6.46. The summed E-state index contributed by atoms with van der Waals surface area (Å²) in [5.74, 6) is -0.274. The lowest BCUT2D eigenvalue weighted by Gasteiger charge is -2.13. The second-order valence-electron chi connectivity index (χ2n) is 6.67. The first-order chi connectivity index (χ1) is 14.4. The number of fused-ring (bicyclic) bond motifs is 1. The molecule has 0 unspecified atom stereocenters. The fourth-order valence-corrected chi connectivity index (χ4v) is 2.99. The summed E-state index contributed by atoms with van der Waals surface area (Å²) < 4.78 is 11.6. The molecule has 1 amide bonds. The molecule has 8 nitrogen and oxygen atoms in total. The van der Waals surface area contributed by atoms with E-state index < -0.39 is 11.4 Å². The molecule has 1 aromatic carbocycles. The van der Waals surface area contributed by atoms with Crippen LogP contribution < -0.4 is 15.5 Å². The van der Waals surface area contributed by atoms with Crippen LogP contribution in [0.5, 0.6) is 5.75 Å². The van der Waals surface area contributed by atoms with Gasteiger partial charge in [0.15, 0.2) is 0 Å². The minimum absolute atomic E-state index is 0.101. The van der Waals surface area contributed by atoms with Crippen molar-refractivity contribution in [3.05, 3.63) is 69.6 Å². The molecular formula is C22H23N3O5. The van der Waals surface area contributed by atoms with E-state index in [1.54, 1.807) is 33.1 Å². The van der Waals surface area contributed by atoms with Crippen LogP contribution in [0.4, 0.5) is 0 Å². The van der Waals surface area contributed by atoms with E-state index in [0.29, 0.717) is 17.9 Å². The number of aryl methyl sites for hydroxylation is 1. The molecule has 0 saturated heterocycles. The van der Waals surface area contributed by atoms with Crippen LogP contribution in [0.3, 0.4) is 0 Å². The van der Waals surface area contributed by atoms with Crippen LogP contribution >= 0.6 is 0 Å². The Labute approximate surface area is 173 Å². The van der Waals surface area contributed by atoms with Crippen molar-refractivity contribution < 1.29 is 19.1 Å². The molecule has 3 aromatic rings. The van der Waals surface area contributed by atoms with Crippen LogP contribution in [0.2, 0.25) is 0 Å². The van der Waals surface area contributed by atoms with Gasteiger partial charge in [0.2, 0.25) is 11.3 Å². The highest BCUT2D eigenvalue weighted by atomic mass is 16.5. The third kappa shape index (κ3) is 4.65. The highest BCUT2D eigenvalue weighted by Gasteiger charge is 2.18. The normalized spacial score (nSPS) is 10.6. The molecule has 3 rings (SSSR count). The van der Waals surface area contributed by atoms with Gasteiger partial charge in [0, 0.05) is 18.4 Å². The lowest BCUT2D eigenvalue weighted by atomic mass is 10.2. The zero-order valence-corrected chi connectivity index (χ0v) is 17.1. The smallest absolute Gasteiger partial charge is 0.343 e. The molecule has 0 radical (unpaired) electrons. The van der Waals surface area contributed by atoms with Gasteiger partial charge in [0.05, 0.1) is 19.1 Å². The van der Waals surface area contributed by atoms with Crippen molar-refractivity contribution in [2.24, 2.45) is 0 Å². The van der Waals surface area contributed by atoms with Crippen LogP contribution in [0, 0.1) is 6.92 Å². The van der Waals surface area contributed by atoms with Gasteiger partial charge in [-0.15, -0.1) is 0 Å². The first-order valence-corrected chi connectivity index (χ1v) is 9.50. The average molecular weight is 409 g/mol. The monoisotopic (exact) mass is 409 g/mol. The van der Waals surface area contributed by atoms with Gasteiger partial charge in [0.25, 0.3) is 0 Å². The molecule has 0 bridgehead atoms. The van der Waals surface area contributed by atoms with Crippen molar-refractivity contribution >= 4 is 22.9 Å². The third-order valence-corrected chi connectivity index (χ3v) is 4.52. The summed E-state index contributed by atoms with van der Waals surface area (Å²) in [6.45, 7) is 3.82. The zero-order chi connectivity index (χ0) is 21.7. The molecular weight excluding hydrogens is 386 g/mol. The molecule has 0 spiro atoms. The molecule has 156 valence electrons. The number of benzene rings is 1. The number of nitrogens with one attached hydrogen (secondary N) is 1. The molecule has 30 heavy (non-hydrogen) atoms. The fraction of sp³-hybridized carbons (Fsp3) is 0.273. The van der Waals surface area contributed by atoms with Gasteiger partial charge in [-0.05, 0) is 43.7 Å². The molecule has 0 aliphatic carbocycles. The molecule has 0 aliphatic rings. The lowest BCUT2D eigenvalue weighted by Crippen LogP contribution is -2.29. The number of methoxy groups -OCH3 is 1. The number of esters is 1. The number of nitrogens with zero attached hydrogens (tertiary/aromatic N) is 2. The summed E-state index contributed by atoms with van der Waals surface area (Å²) in [5.41, 5.74) is 1.35. The topological polar surface area (TPSA) is 99.5 Å². The number of aromatic nitrogens is 2. The highest BCUT2D eigenvalue weighted by molar-refractivity contribution is 5.93. The standard InChI is InChI=1S/C22H23N3O5/c1-4-30-22(28)18-12-25(21-17(20(18)27)10-5-14(2)24-21)13-19(26)23-11-15-6-8-16(29-3)9-7-15/h5-10,12H,4,11,13H2,1-3H3,(H,23,26). The maximum absolute atomic E-state index is 12.7. The van der Waals surface area contributed by atoms with Gasteiger partial charge in [-0.1, -0.05) is 12.1 Å². The van der Waals surface area contributed by atoms with E-state index in [2.05, 4.69) is 10.3 Å². The van der Waals surface area contributed by atoms with Gasteiger partial charge < -0.3 is 19.4 Å². The SMILES string of the molecule is CCOC(=O)c1cn(CC(=O)NCc2ccc(OC)cc2)c2nc(C)ccc2c1=O. The van der Waals surface area contributed by atoms with Crippen molar-refractivity contribution in [3.63, 3.8) is 0 Å². The van der Waals surface area contributed by atoms with E-state index in [1.165, 1.54) is 10.8 Å². The summed E-state index contributed by atoms with van der Waals surface area (Å²) in [6, 6.07) is 10.6. The first-order valence-electron chi connectivity index (χ1n) is 9.50.